The molecule has 0 amide bonds. The van der Waals surface area contributed by atoms with Crippen LogP contribution in [0.15, 0.2) is 53.3 Å². The van der Waals surface area contributed by atoms with E-state index in [1.807, 2.05) is 43.3 Å². The second-order valence-corrected chi connectivity index (χ2v) is 6.50. The first kappa shape index (κ1) is 15.0. The largest absolute Gasteiger partial charge is 0.320 e. The van der Waals surface area contributed by atoms with Crippen LogP contribution in [0.1, 0.15) is 5.69 Å². The maximum absolute atomic E-state index is 12.5. The highest BCUT2D eigenvalue weighted by Gasteiger charge is 2.16. The number of H-pyrrole nitrogens is 1. The first-order valence-corrected chi connectivity index (χ1v) is 8.44. The summed E-state index contributed by atoms with van der Waals surface area (Å²) in [5.74, 6) is 0. The number of hydrogen-bond donors (Lipinski definition) is 1. The number of rotatable bonds is 1. The Hall–Kier alpha value is -3.25. The number of aromatic amines is 1. The highest BCUT2D eigenvalue weighted by molar-refractivity contribution is 6.30. The van der Waals surface area contributed by atoms with Crippen LogP contribution < -0.4 is 5.56 Å². The summed E-state index contributed by atoms with van der Waals surface area (Å²) in [6.45, 7) is 1.85. The van der Waals surface area contributed by atoms with Gasteiger partial charge in [-0.3, -0.25) is 4.79 Å². The molecule has 5 rings (SSSR count). The predicted molar refractivity (Wildman–Crippen MR) is 102 cm³/mol. The van der Waals surface area contributed by atoms with E-state index in [9.17, 15) is 4.79 Å². The van der Waals surface area contributed by atoms with Gasteiger partial charge in [0.2, 0.25) is 0 Å². The van der Waals surface area contributed by atoms with Gasteiger partial charge < -0.3 is 4.98 Å². The standard InChI is InChI=1S/C19H12ClN5O/c1-10-15-18(25(24-10)12-8-6-11(20)7-9-12)23-16-13-4-2-3-5-14(13)21-19(26)17(16)22-15/h2-9H,1H3,(H,21,26). The van der Waals surface area contributed by atoms with E-state index in [1.165, 1.54) is 0 Å². The number of pyridine rings is 1. The van der Waals surface area contributed by atoms with E-state index in [0.29, 0.717) is 32.9 Å². The van der Waals surface area contributed by atoms with Crippen LogP contribution in [0, 0.1) is 6.92 Å². The third-order valence-electron chi connectivity index (χ3n) is 4.39. The molecule has 0 aliphatic heterocycles. The molecule has 3 heterocycles. The molecule has 0 aliphatic carbocycles. The number of benzene rings is 2. The van der Waals surface area contributed by atoms with Crippen LogP contribution in [-0.2, 0) is 0 Å². The van der Waals surface area contributed by atoms with Gasteiger partial charge in [-0.15, -0.1) is 0 Å². The molecule has 2 aromatic carbocycles. The Labute approximate surface area is 152 Å². The molecule has 126 valence electrons. The number of aryl methyl sites for hydroxylation is 1. The van der Waals surface area contributed by atoms with Crippen molar-refractivity contribution in [1.29, 1.82) is 0 Å². The van der Waals surface area contributed by atoms with E-state index in [-0.39, 0.29) is 5.56 Å². The number of hydrogen-bond acceptors (Lipinski definition) is 4. The van der Waals surface area contributed by atoms with Crippen molar-refractivity contribution in [3.05, 3.63) is 69.6 Å². The van der Waals surface area contributed by atoms with Gasteiger partial charge in [-0.05, 0) is 37.3 Å². The topological polar surface area (TPSA) is 76.5 Å². The van der Waals surface area contributed by atoms with E-state index < -0.39 is 0 Å². The minimum Gasteiger partial charge on any atom is -0.320 e. The minimum absolute atomic E-state index is 0.258. The SMILES string of the molecule is Cc1nn(-c2ccc(Cl)cc2)c2nc3c(nc12)c(=O)[nH]c1ccccc13. The molecule has 5 aromatic rings. The van der Waals surface area contributed by atoms with Gasteiger partial charge in [-0.1, -0.05) is 29.8 Å². The molecule has 0 spiro atoms. The molecular weight excluding hydrogens is 350 g/mol. The first-order chi connectivity index (χ1) is 12.6. The van der Waals surface area contributed by atoms with Gasteiger partial charge in [0.05, 0.1) is 16.9 Å². The lowest BCUT2D eigenvalue weighted by molar-refractivity contribution is 0.879. The molecule has 26 heavy (non-hydrogen) atoms. The van der Waals surface area contributed by atoms with E-state index in [1.54, 1.807) is 16.8 Å². The van der Waals surface area contributed by atoms with E-state index in [0.717, 1.165) is 16.6 Å². The average molecular weight is 362 g/mol. The fourth-order valence-electron chi connectivity index (χ4n) is 3.15. The molecule has 6 nitrogen and oxygen atoms in total. The number of halogens is 1. The van der Waals surface area contributed by atoms with Crippen molar-refractivity contribution < 1.29 is 0 Å². The summed E-state index contributed by atoms with van der Waals surface area (Å²) in [6.07, 6.45) is 0. The Balaban J connectivity index is 1.94. The third kappa shape index (κ3) is 2.12. The minimum atomic E-state index is -0.258. The number of aromatic nitrogens is 5. The molecule has 0 atom stereocenters. The van der Waals surface area contributed by atoms with Gasteiger partial charge in [0.15, 0.2) is 11.2 Å². The van der Waals surface area contributed by atoms with Crippen LogP contribution in [0.25, 0.3) is 38.8 Å². The van der Waals surface area contributed by atoms with Crippen LogP contribution in [-0.4, -0.2) is 24.7 Å². The van der Waals surface area contributed by atoms with Crippen molar-refractivity contribution in [2.24, 2.45) is 0 Å². The second kappa shape index (κ2) is 5.37. The van der Waals surface area contributed by atoms with Crippen LogP contribution in [0.3, 0.4) is 0 Å². The van der Waals surface area contributed by atoms with Crippen molar-refractivity contribution in [3.8, 4) is 5.69 Å². The van der Waals surface area contributed by atoms with Crippen molar-refractivity contribution in [1.82, 2.24) is 24.7 Å². The van der Waals surface area contributed by atoms with Gasteiger partial charge in [-0.25, -0.2) is 14.6 Å². The quantitative estimate of drug-likeness (QED) is 0.461. The Bertz CT molecular complexity index is 1370. The molecular formula is C19H12ClN5O. The Morgan fingerprint density at radius 1 is 0.962 bits per heavy atom. The third-order valence-corrected chi connectivity index (χ3v) is 4.64. The van der Waals surface area contributed by atoms with Crippen molar-refractivity contribution in [3.63, 3.8) is 0 Å². The van der Waals surface area contributed by atoms with Crippen molar-refractivity contribution in [2.75, 3.05) is 0 Å². The molecule has 0 aliphatic rings. The molecule has 0 saturated carbocycles. The van der Waals surface area contributed by atoms with Gasteiger partial charge >= 0.3 is 0 Å². The van der Waals surface area contributed by atoms with E-state index >= 15 is 0 Å². The summed E-state index contributed by atoms with van der Waals surface area (Å²) >= 11 is 5.99. The predicted octanol–water partition coefficient (Wildman–Crippen LogP) is 3.77. The molecule has 7 heteroatoms. The highest BCUT2D eigenvalue weighted by atomic mass is 35.5. The summed E-state index contributed by atoms with van der Waals surface area (Å²) in [7, 11) is 0. The Kier molecular flexibility index (Phi) is 3.11. The molecule has 0 bridgehead atoms. The maximum Gasteiger partial charge on any atom is 0.276 e. The van der Waals surface area contributed by atoms with Gasteiger partial charge in [0.1, 0.15) is 11.0 Å². The summed E-state index contributed by atoms with van der Waals surface area (Å²) in [5.41, 5.74) is 4.09. The van der Waals surface area contributed by atoms with Crippen molar-refractivity contribution in [2.45, 2.75) is 6.92 Å². The zero-order chi connectivity index (χ0) is 17.8. The van der Waals surface area contributed by atoms with Crippen LogP contribution in [0.2, 0.25) is 5.02 Å². The maximum atomic E-state index is 12.5. The fraction of sp³-hybridized carbons (Fsp3) is 0.0526. The monoisotopic (exact) mass is 361 g/mol. The van der Waals surface area contributed by atoms with Crippen LogP contribution in [0.4, 0.5) is 0 Å². The lowest BCUT2D eigenvalue weighted by Gasteiger charge is -2.05. The number of nitrogens with one attached hydrogen (secondary N) is 1. The summed E-state index contributed by atoms with van der Waals surface area (Å²) in [6, 6.07) is 14.9. The zero-order valence-corrected chi connectivity index (χ0v) is 14.4. The summed E-state index contributed by atoms with van der Waals surface area (Å²) in [4.78, 5) is 24.7. The lowest BCUT2D eigenvalue weighted by atomic mass is 10.2. The number of para-hydroxylation sites is 1. The van der Waals surface area contributed by atoms with Crippen LogP contribution >= 0.6 is 11.6 Å². The number of fused-ring (bicyclic) bond motifs is 4. The smallest absolute Gasteiger partial charge is 0.276 e. The Morgan fingerprint density at radius 2 is 1.73 bits per heavy atom. The van der Waals surface area contributed by atoms with Crippen molar-refractivity contribution >= 4 is 44.7 Å². The fourth-order valence-corrected chi connectivity index (χ4v) is 3.28. The summed E-state index contributed by atoms with van der Waals surface area (Å²) in [5, 5.41) is 6.05. The van der Waals surface area contributed by atoms with E-state index in [4.69, 9.17) is 16.6 Å². The molecule has 0 unspecified atom stereocenters. The normalized spacial score (nSPS) is 11.6. The first-order valence-electron chi connectivity index (χ1n) is 8.06. The van der Waals surface area contributed by atoms with Gasteiger partial charge in [0.25, 0.3) is 5.56 Å². The number of nitrogens with zero attached hydrogens (tertiary/aromatic N) is 4. The Morgan fingerprint density at radius 3 is 2.54 bits per heavy atom. The van der Waals surface area contributed by atoms with Crippen LogP contribution in [0.5, 0.6) is 0 Å². The summed E-state index contributed by atoms with van der Waals surface area (Å²) < 4.78 is 1.73. The average Bonchev–Trinajstić information content (AvgIpc) is 2.97. The highest BCUT2D eigenvalue weighted by Crippen LogP contribution is 2.24. The molecule has 3 aromatic heterocycles. The molecule has 0 saturated heterocycles. The van der Waals surface area contributed by atoms with Gasteiger partial charge in [-0.2, -0.15) is 5.10 Å². The van der Waals surface area contributed by atoms with Gasteiger partial charge in [0, 0.05) is 10.4 Å². The molecule has 0 radical (unpaired) electrons. The lowest BCUT2D eigenvalue weighted by Crippen LogP contribution is -2.09. The molecule has 0 fully saturated rings. The molecule has 1 N–H and O–H groups in total. The second-order valence-electron chi connectivity index (χ2n) is 6.07. The zero-order valence-electron chi connectivity index (χ0n) is 13.7. The van der Waals surface area contributed by atoms with E-state index in [2.05, 4.69) is 15.1 Å².